The van der Waals surface area contributed by atoms with Crippen molar-refractivity contribution in [1.82, 2.24) is 15.4 Å². The van der Waals surface area contributed by atoms with Crippen molar-refractivity contribution >= 4 is 16.9 Å². The maximum Gasteiger partial charge on any atom is 0.238 e. The standard InChI is InChI=1S/C21H17FN4O/c1-23-26-21-24-19-5-3-2-4-18(19)20(25-21)14-6-10-16(11-7-14)27-17-12-8-15(22)9-13-17/h2-13,23H,1H3,(H,24,25,26). The van der Waals surface area contributed by atoms with Crippen LogP contribution in [0.1, 0.15) is 0 Å². The average molecular weight is 360 g/mol. The second-order valence-electron chi connectivity index (χ2n) is 5.87. The number of nitrogens with zero attached hydrogens (tertiary/aromatic N) is 2. The van der Waals surface area contributed by atoms with Gasteiger partial charge in [0.05, 0.1) is 11.2 Å². The average Bonchev–Trinajstić information content (AvgIpc) is 2.70. The lowest BCUT2D eigenvalue weighted by atomic mass is 10.1. The van der Waals surface area contributed by atoms with Gasteiger partial charge in [-0.3, -0.25) is 5.43 Å². The molecule has 0 saturated heterocycles. The van der Waals surface area contributed by atoms with Crippen LogP contribution in [0.5, 0.6) is 11.5 Å². The van der Waals surface area contributed by atoms with Gasteiger partial charge in [-0.25, -0.2) is 19.8 Å². The summed E-state index contributed by atoms with van der Waals surface area (Å²) in [5.41, 5.74) is 8.40. The first-order valence-electron chi connectivity index (χ1n) is 8.46. The lowest BCUT2D eigenvalue weighted by molar-refractivity contribution is 0.480. The fourth-order valence-electron chi connectivity index (χ4n) is 2.78. The van der Waals surface area contributed by atoms with Crippen LogP contribution in [0.4, 0.5) is 10.3 Å². The molecule has 0 atom stereocenters. The summed E-state index contributed by atoms with van der Waals surface area (Å²) in [6.45, 7) is 0. The quantitative estimate of drug-likeness (QED) is 0.502. The van der Waals surface area contributed by atoms with Gasteiger partial charge in [-0.05, 0) is 54.6 Å². The molecule has 4 rings (SSSR count). The molecule has 0 saturated carbocycles. The zero-order valence-electron chi connectivity index (χ0n) is 14.6. The summed E-state index contributed by atoms with van der Waals surface area (Å²) in [4.78, 5) is 9.11. The minimum absolute atomic E-state index is 0.292. The van der Waals surface area contributed by atoms with E-state index in [1.54, 1.807) is 19.2 Å². The lowest BCUT2D eigenvalue weighted by Gasteiger charge is -2.11. The van der Waals surface area contributed by atoms with Crippen LogP contribution in [0.25, 0.3) is 22.2 Å². The predicted octanol–water partition coefficient (Wildman–Crippen LogP) is 4.77. The molecule has 2 N–H and O–H groups in total. The van der Waals surface area contributed by atoms with Gasteiger partial charge in [0.15, 0.2) is 0 Å². The Morgan fingerprint density at radius 1 is 0.815 bits per heavy atom. The highest BCUT2D eigenvalue weighted by atomic mass is 19.1. The van der Waals surface area contributed by atoms with Crippen LogP contribution in [0.3, 0.4) is 0 Å². The van der Waals surface area contributed by atoms with Crippen molar-refractivity contribution < 1.29 is 9.13 Å². The van der Waals surface area contributed by atoms with Gasteiger partial charge in [-0.2, -0.15) is 0 Å². The van der Waals surface area contributed by atoms with E-state index in [1.807, 2.05) is 48.5 Å². The molecular formula is C21H17FN4O. The topological polar surface area (TPSA) is 59.1 Å². The van der Waals surface area contributed by atoms with E-state index in [0.717, 1.165) is 22.2 Å². The molecule has 0 amide bonds. The van der Waals surface area contributed by atoms with Gasteiger partial charge in [0.2, 0.25) is 5.95 Å². The number of halogens is 1. The summed E-state index contributed by atoms with van der Waals surface area (Å²) < 4.78 is 18.8. The largest absolute Gasteiger partial charge is 0.457 e. The van der Waals surface area contributed by atoms with Crippen LogP contribution >= 0.6 is 0 Å². The minimum atomic E-state index is -0.292. The highest BCUT2D eigenvalue weighted by molar-refractivity contribution is 5.93. The molecule has 1 aromatic heterocycles. The number of anilines is 1. The normalized spacial score (nSPS) is 10.7. The molecule has 4 aromatic rings. The molecule has 5 nitrogen and oxygen atoms in total. The Labute approximate surface area is 155 Å². The number of hydrogen-bond acceptors (Lipinski definition) is 5. The first-order chi connectivity index (χ1) is 13.2. The van der Waals surface area contributed by atoms with Crippen LogP contribution in [0.15, 0.2) is 72.8 Å². The Kier molecular flexibility index (Phi) is 4.63. The van der Waals surface area contributed by atoms with Crippen molar-refractivity contribution in [2.24, 2.45) is 0 Å². The molecule has 3 aromatic carbocycles. The second kappa shape index (κ2) is 7.39. The van der Waals surface area contributed by atoms with Gasteiger partial charge >= 0.3 is 0 Å². The molecule has 1 heterocycles. The number of hydrogen-bond donors (Lipinski definition) is 2. The Bertz CT molecular complexity index is 1070. The maximum absolute atomic E-state index is 13.0. The summed E-state index contributed by atoms with van der Waals surface area (Å²) in [5, 5.41) is 0.964. The van der Waals surface area contributed by atoms with Crippen molar-refractivity contribution in [3.63, 3.8) is 0 Å². The molecule has 134 valence electrons. The predicted molar refractivity (Wildman–Crippen MR) is 104 cm³/mol. The summed E-state index contributed by atoms with van der Waals surface area (Å²) >= 11 is 0. The molecule has 0 spiro atoms. The zero-order chi connectivity index (χ0) is 18.6. The smallest absolute Gasteiger partial charge is 0.238 e. The van der Waals surface area contributed by atoms with Crippen molar-refractivity contribution in [3.05, 3.63) is 78.6 Å². The van der Waals surface area contributed by atoms with Gasteiger partial charge in [-0.15, -0.1) is 0 Å². The third-order valence-corrected chi connectivity index (χ3v) is 4.02. The number of benzene rings is 3. The van der Waals surface area contributed by atoms with E-state index in [2.05, 4.69) is 20.8 Å². The molecule has 27 heavy (non-hydrogen) atoms. The second-order valence-corrected chi connectivity index (χ2v) is 5.87. The number of rotatable bonds is 5. The number of ether oxygens (including phenoxy) is 1. The SMILES string of the molecule is CNNc1nc(-c2ccc(Oc3ccc(F)cc3)cc2)c2ccccc2n1. The maximum atomic E-state index is 13.0. The van der Waals surface area contributed by atoms with Crippen molar-refractivity contribution in [2.75, 3.05) is 12.5 Å². The molecule has 0 aliphatic carbocycles. The highest BCUT2D eigenvalue weighted by Crippen LogP contribution is 2.29. The molecule has 0 aliphatic rings. The number of para-hydroxylation sites is 1. The number of hydrazine groups is 1. The summed E-state index contributed by atoms with van der Waals surface area (Å²) in [5.74, 6) is 1.45. The van der Waals surface area contributed by atoms with E-state index in [-0.39, 0.29) is 5.82 Å². The van der Waals surface area contributed by atoms with Gasteiger partial charge in [-0.1, -0.05) is 18.2 Å². The van der Waals surface area contributed by atoms with Gasteiger partial charge < -0.3 is 4.74 Å². The van der Waals surface area contributed by atoms with Crippen LogP contribution in [-0.2, 0) is 0 Å². The molecule has 0 radical (unpaired) electrons. The fraction of sp³-hybridized carbons (Fsp3) is 0.0476. The molecule has 6 heteroatoms. The fourth-order valence-corrected chi connectivity index (χ4v) is 2.78. The van der Waals surface area contributed by atoms with Gasteiger partial charge in [0.25, 0.3) is 0 Å². The summed E-state index contributed by atoms with van der Waals surface area (Å²) in [7, 11) is 1.76. The molecule has 0 aliphatic heterocycles. The molecular weight excluding hydrogens is 343 g/mol. The number of nitrogens with one attached hydrogen (secondary N) is 2. The third kappa shape index (κ3) is 3.70. The van der Waals surface area contributed by atoms with Crippen molar-refractivity contribution in [3.8, 4) is 22.8 Å². The Balaban J connectivity index is 1.68. The van der Waals surface area contributed by atoms with E-state index >= 15 is 0 Å². The highest BCUT2D eigenvalue weighted by Gasteiger charge is 2.10. The first kappa shape index (κ1) is 16.9. The van der Waals surface area contributed by atoms with Crippen molar-refractivity contribution in [2.45, 2.75) is 0 Å². The van der Waals surface area contributed by atoms with Crippen molar-refractivity contribution in [1.29, 1.82) is 0 Å². The van der Waals surface area contributed by atoms with E-state index in [0.29, 0.717) is 17.4 Å². The Hall–Kier alpha value is -3.51. The molecule has 0 fully saturated rings. The minimum Gasteiger partial charge on any atom is -0.457 e. The Morgan fingerprint density at radius 2 is 1.48 bits per heavy atom. The zero-order valence-corrected chi connectivity index (χ0v) is 14.6. The third-order valence-electron chi connectivity index (χ3n) is 4.02. The van der Waals surface area contributed by atoms with E-state index < -0.39 is 0 Å². The van der Waals surface area contributed by atoms with E-state index in [1.165, 1.54) is 12.1 Å². The van der Waals surface area contributed by atoms with Crippen LogP contribution < -0.4 is 15.6 Å². The first-order valence-corrected chi connectivity index (χ1v) is 8.46. The van der Waals surface area contributed by atoms with Crippen LogP contribution in [0.2, 0.25) is 0 Å². The Morgan fingerprint density at radius 3 is 2.19 bits per heavy atom. The van der Waals surface area contributed by atoms with Gasteiger partial charge in [0, 0.05) is 18.0 Å². The van der Waals surface area contributed by atoms with E-state index in [9.17, 15) is 4.39 Å². The lowest BCUT2D eigenvalue weighted by Crippen LogP contribution is -2.17. The summed E-state index contributed by atoms with van der Waals surface area (Å²) in [6.07, 6.45) is 0. The van der Waals surface area contributed by atoms with Gasteiger partial charge in [0.1, 0.15) is 17.3 Å². The molecule has 0 bridgehead atoms. The van der Waals surface area contributed by atoms with E-state index in [4.69, 9.17) is 4.74 Å². The number of aromatic nitrogens is 2. The van der Waals surface area contributed by atoms with Crippen LogP contribution in [-0.4, -0.2) is 17.0 Å². The van der Waals surface area contributed by atoms with Crippen LogP contribution in [0, 0.1) is 5.82 Å². The monoisotopic (exact) mass is 360 g/mol. The number of fused-ring (bicyclic) bond motifs is 1. The molecule has 0 unspecified atom stereocenters. The summed E-state index contributed by atoms with van der Waals surface area (Å²) in [6, 6.07) is 21.4.